The predicted octanol–water partition coefficient (Wildman–Crippen LogP) is 2.16. The molecule has 0 unspecified atom stereocenters. The molecular formula is C21H17NO4. The summed E-state index contributed by atoms with van der Waals surface area (Å²) in [6, 6.07) is 17.1. The number of rotatable bonds is 3. The third kappa shape index (κ3) is 1.87. The molecule has 4 atom stereocenters. The van der Waals surface area contributed by atoms with E-state index in [2.05, 4.69) is 0 Å². The van der Waals surface area contributed by atoms with Gasteiger partial charge in [0.1, 0.15) is 5.60 Å². The van der Waals surface area contributed by atoms with Crippen LogP contribution in [0.2, 0.25) is 0 Å². The van der Waals surface area contributed by atoms with Crippen LogP contribution in [-0.2, 0) is 14.3 Å². The zero-order valence-corrected chi connectivity index (χ0v) is 13.9. The monoisotopic (exact) mass is 347 g/mol. The summed E-state index contributed by atoms with van der Waals surface area (Å²) in [6.07, 6.45) is 3.07. The van der Waals surface area contributed by atoms with Crippen molar-refractivity contribution in [1.82, 2.24) is 0 Å². The maximum Gasteiger partial charge on any atom is 0.241 e. The standard InChI is InChI=1S/C21H17NO4/c23-12-21-11-10-16(26-21)17-18(21)20(25)22(19(17)24)15-9-5-4-8-14(15)13-6-2-1-3-7-13/h1-11,16-18,23H,12H2/t16-,17-,18-,21+/m1/s1. The molecule has 3 aliphatic heterocycles. The molecule has 2 aromatic rings. The molecule has 130 valence electrons. The smallest absolute Gasteiger partial charge is 0.241 e. The van der Waals surface area contributed by atoms with Crippen LogP contribution in [-0.4, -0.2) is 35.2 Å². The second-order valence-corrected chi connectivity index (χ2v) is 6.95. The Labute approximate surface area is 150 Å². The lowest BCUT2D eigenvalue weighted by Crippen LogP contribution is -2.43. The molecule has 5 nitrogen and oxygen atoms in total. The average Bonchev–Trinajstić information content (AvgIpc) is 3.33. The Morgan fingerprint density at radius 1 is 1.00 bits per heavy atom. The average molecular weight is 347 g/mol. The highest BCUT2D eigenvalue weighted by molar-refractivity contribution is 6.24. The first-order valence-corrected chi connectivity index (χ1v) is 8.66. The SMILES string of the molecule is O=C1[C@@H]2[C@H]3C=C[C@@](CO)(O3)[C@H]2C(=O)N1c1ccccc1-c1ccccc1. The minimum atomic E-state index is -1.07. The predicted molar refractivity (Wildman–Crippen MR) is 95.2 cm³/mol. The van der Waals surface area contributed by atoms with Crippen molar-refractivity contribution in [2.24, 2.45) is 11.8 Å². The van der Waals surface area contributed by atoms with E-state index in [-0.39, 0.29) is 18.4 Å². The van der Waals surface area contributed by atoms with Crippen LogP contribution in [0.25, 0.3) is 11.1 Å². The summed E-state index contributed by atoms with van der Waals surface area (Å²) in [4.78, 5) is 27.6. The molecule has 1 N–H and O–H groups in total. The minimum absolute atomic E-state index is 0.256. The number of para-hydroxylation sites is 1. The van der Waals surface area contributed by atoms with Crippen LogP contribution in [0.5, 0.6) is 0 Å². The van der Waals surface area contributed by atoms with Crippen LogP contribution < -0.4 is 4.90 Å². The number of benzene rings is 2. The van der Waals surface area contributed by atoms with E-state index in [1.807, 2.05) is 48.5 Å². The molecule has 2 amide bonds. The van der Waals surface area contributed by atoms with Gasteiger partial charge in [0.2, 0.25) is 11.8 Å². The van der Waals surface area contributed by atoms with Gasteiger partial charge in [-0.25, -0.2) is 4.90 Å². The maximum atomic E-state index is 13.2. The van der Waals surface area contributed by atoms with E-state index in [0.717, 1.165) is 11.1 Å². The maximum absolute atomic E-state index is 13.2. The fourth-order valence-electron chi connectivity index (χ4n) is 4.45. The first-order valence-electron chi connectivity index (χ1n) is 8.66. The highest BCUT2D eigenvalue weighted by Gasteiger charge is 2.67. The van der Waals surface area contributed by atoms with Gasteiger partial charge in [-0.3, -0.25) is 9.59 Å². The third-order valence-electron chi connectivity index (χ3n) is 5.63. The Balaban J connectivity index is 1.62. The van der Waals surface area contributed by atoms with Gasteiger partial charge in [-0.1, -0.05) is 60.7 Å². The van der Waals surface area contributed by atoms with Crippen molar-refractivity contribution in [3.8, 4) is 11.1 Å². The third-order valence-corrected chi connectivity index (χ3v) is 5.63. The molecule has 2 aromatic carbocycles. The number of hydrogen-bond acceptors (Lipinski definition) is 4. The van der Waals surface area contributed by atoms with E-state index >= 15 is 0 Å². The first kappa shape index (κ1) is 15.5. The zero-order chi connectivity index (χ0) is 17.9. The van der Waals surface area contributed by atoms with Crippen LogP contribution in [0.1, 0.15) is 0 Å². The van der Waals surface area contributed by atoms with Gasteiger partial charge in [-0.2, -0.15) is 0 Å². The van der Waals surface area contributed by atoms with Crippen LogP contribution in [0.3, 0.4) is 0 Å². The molecule has 26 heavy (non-hydrogen) atoms. The van der Waals surface area contributed by atoms with Gasteiger partial charge in [0.15, 0.2) is 0 Å². The molecule has 5 rings (SSSR count). The number of amides is 2. The number of aliphatic hydroxyl groups excluding tert-OH is 1. The quantitative estimate of drug-likeness (QED) is 0.682. The molecule has 0 aliphatic carbocycles. The number of carbonyl (C=O) groups excluding carboxylic acids is 2. The summed E-state index contributed by atoms with van der Waals surface area (Å²) < 4.78 is 5.79. The highest BCUT2D eigenvalue weighted by atomic mass is 16.5. The Morgan fingerprint density at radius 2 is 1.73 bits per heavy atom. The van der Waals surface area contributed by atoms with Gasteiger partial charge in [0.25, 0.3) is 0 Å². The molecule has 0 spiro atoms. The van der Waals surface area contributed by atoms with Crippen molar-refractivity contribution < 1.29 is 19.4 Å². The van der Waals surface area contributed by atoms with E-state index in [1.54, 1.807) is 18.2 Å². The molecule has 0 radical (unpaired) electrons. The second-order valence-electron chi connectivity index (χ2n) is 6.95. The summed E-state index contributed by atoms with van der Waals surface area (Å²) in [7, 11) is 0. The molecule has 5 heteroatoms. The number of nitrogens with zero attached hydrogens (tertiary/aromatic N) is 1. The fraction of sp³-hybridized carbons (Fsp3) is 0.238. The molecule has 3 aliphatic rings. The van der Waals surface area contributed by atoms with Gasteiger partial charge >= 0.3 is 0 Å². The molecule has 0 saturated carbocycles. The van der Waals surface area contributed by atoms with Crippen molar-refractivity contribution in [3.63, 3.8) is 0 Å². The van der Waals surface area contributed by atoms with Gasteiger partial charge in [-0.15, -0.1) is 0 Å². The second kappa shape index (κ2) is 5.37. The Hall–Kier alpha value is -2.76. The fourth-order valence-corrected chi connectivity index (χ4v) is 4.45. The van der Waals surface area contributed by atoms with Crippen LogP contribution >= 0.6 is 0 Å². The van der Waals surface area contributed by atoms with Gasteiger partial charge in [-0.05, 0) is 11.6 Å². The van der Waals surface area contributed by atoms with E-state index in [1.165, 1.54) is 4.90 Å². The molecule has 3 heterocycles. The van der Waals surface area contributed by atoms with Crippen molar-refractivity contribution in [2.45, 2.75) is 11.7 Å². The number of hydrogen-bond donors (Lipinski definition) is 1. The van der Waals surface area contributed by atoms with Crippen molar-refractivity contribution in [3.05, 3.63) is 66.7 Å². The molecule has 2 bridgehead atoms. The first-order chi connectivity index (χ1) is 12.7. The lowest BCUT2D eigenvalue weighted by atomic mass is 9.77. The van der Waals surface area contributed by atoms with E-state index < -0.39 is 23.5 Å². The number of imide groups is 1. The van der Waals surface area contributed by atoms with Crippen LogP contribution in [0, 0.1) is 11.8 Å². The molecular weight excluding hydrogens is 330 g/mol. The molecule has 0 aromatic heterocycles. The van der Waals surface area contributed by atoms with E-state index in [9.17, 15) is 14.7 Å². The largest absolute Gasteiger partial charge is 0.393 e. The normalized spacial score (nSPS) is 31.7. The summed E-state index contributed by atoms with van der Waals surface area (Å²) in [5.41, 5.74) is 1.28. The number of aliphatic hydroxyl groups is 1. The van der Waals surface area contributed by atoms with Crippen molar-refractivity contribution in [1.29, 1.82) is 0 Å². The minimum Gasteiger partial charge on any atom is -0.393 e. The van der Waals surface area contributed by atoms with Crippen LogP contribution in [0.15, 0.2) is 66.7 Å². The molecule has 2 fully saturated rings. The van der Waals surface area contributed by atoms with Crippen LogP contribution in [0.4, 0.5) is 5.69 Å². The highest BCUT2D eigenvalue weighted by Crippen LogP contribution is 2.52. The van der Waals surface area contributed by atoms with Crippen molar-refractivity contribution >= 4 is 17.5 Å². The number of ether oxygens (including phenoxy) is 1. The Bertz CT molecular complexity index is 938. The lowest BCUT2D eigenvalue weighted by Gasteiger charge is -2.27. The van der Waals surface area contributed by atoms with Gasteiger partial charge in [0, 0.05) is 5.56 Å². The Morgan fingerprint density at radius 3 is 2.50 bits per heavy atom. The summed E-state index contributed by atoms with van der Waals surface area (Å²) in [6.45, 7) is -0.311. The summed E-state index contributed by atoms with van der Waals surface area (Å²) in [5.74, 6) is -1.79. The lowest BCUT2D eigenvalue weighted by molar-refractivity contribution is -0.128. The van der Waals surface area contributed by atoms with Gasteiger partial charge < -0.3 is 9.84 Å². The number of fused-ring (bicyclic) bond motifs is 5. The zero-order valence-electron chi connectivity index (χ0n) is 13.9. The Kier molecular flexibility index (Phi) is 3.20. The topological polar surface area (TPSA) is 66.8 Å². The number of carbonyl (C=O) groups is 2. The number of anilines is 1. The van der Waals surface area contributed by atoms with Crippen molar-refractivity contribution in [2.75, 3.05) is 11.5 Å². The summed E-state index contributed by atoms with van der Waals surface area (Å²) in [5, 5.41) is 9.83. The van der Waals surface area contributed by atoms with Gasteiger partial charge in [0.05, 0.1) is 30.2 Å². The van der Waals surface area contributed by atoms with E-state index in [4.69, 9.17) is 4.74 Å². The molecule has 2 saturated heterocycles. The van der Waals surface area contributed by atoms with E-state index in [0.29, 0.717) is 5.69 Å². The summed E-state index contributed by atoms with van der Waals surface area (Å²) >= 11 is 0.